The van der Waals surface area contributed by atoms with E-state index in [2.05, 4.69) is 19.9 Å². The Morgan fingerprint density at radius 2 is 2.09 bits per heavy atom. The summed E-state index contributed by atoms with van der Waals surface area (Å²) in [6.07, 6.45) is 7.69. The zero-order valence-electron chi connectivity index (χ0n) is 25.0. The highest BCUT2D eigenvalue weighted by Crippen LogP contribution is 2.34. The first kappa shape index (κ1) is 30.3. The predicted molar refractivity (Wildman–Crippen MR) is 173 cm³/mol. The van der Waals surface area contributed by atoms with Crippen LogP contribution in [0.15, 0.2) is 52.4 Å². The van der Waals surface area contributed by atoms with Crippen molar-refractivity contribution in [2.45, 2.75) is 58.0 Å². The lowest BCUT2D eigenvalue weighted by molar-refractivity contribution is 0.225. The van der Waals surface area contributed by atoms with Crippen LogP contribution in [0.25, 0.3) is 28.0 Å². The van der Waals surface area contributed by atoms with Crippen LogP contribution >= 0.6 is 11.6 Å². The second-order valence-electron chi connectivity index (χ2n) is 12.0. The molecule has 1 fully saturated rings. The summed E-state index contributed by atoms with van der Waals surface area (Å²) in [5, 5.41) is 0.742. The van der Waals surface area contributed by atoms with Crippen molar-refractivity contribution >= 4 is 28.5 Å². The third-order valence-electron chi connectivity index (χ3n) is 8.50. The Morgan fingerprint density at radius 1 is 1.25 bits per heavy atom. The molecular formula is C33H39ClFN7O2. The molecule has 1 aliphatic carbocycles. The number of nitrogens with two attached hydrogens (primary N) is 2. The summed E-state index contributed by atoms with van der Waals surface area (Å²) >= 11 is 6.31. The molecule has 1 atom stereocenters. The third kappa shape index (κ3) is 6.98. The lowest BCUT2D eigenvalue weighted by atomic mass is 10.00. The van der Waals surface area contributed by atoms with Gasteiger partial charge in [-0.1, -0.05) is 17.7 Å². The van der Waals surface area contributed by atoms with E-state index in [9.17, 15) is 4.79 Å². The fourth-order valence-corrected chi connectivity index (χ4v) is 6.16. The monoisotopic (exact) mass is 619 g/mol. The average molecular weight is 620 g/mol. The summed E-state index contributed by atoms with van der Waals surface area (Å²) in [6, 6.07) is 11.3. The van der Waals surface area contributed by atoms with Gasteiger partial charge in [-0.3, -0.25) is 14.5 Å². The van der Waals surface area contributed by atoms with Gasteiger partial charge in [0.1, 0.15) is 18.0 Å². The molecule has 6 rings (SSSR count). The topological polar surface area (TPSA) is 128 Å². The van der Waals surface area contributed by atoms with E-state index in [1.54, 1.807) is 25.3 Å². The Balaban J connectivity index is 1.21. The second-order valence-corrected chi connectivity index (χ2v) is 12.4. The van der Waals surface area contributed by atoms with Crippen LogP contribution in [0.4, 0.5) is 4.39 Å². The Bertz CT molecular complexity index is 1740. The van der Waals surface area contributed by atoms with Gasteiger partial charge < -0.3 is 21.2 Å². The molecule has 1 aliphatic heterocycles. The van der Waals surface area contributed by atoms with Gasteiger partial charge in [0, 0.05) is 61.0 Å². The van der Waals surface area contributed by atoms with E-state index in [0.29, 0.717) is 52.9 Å². The number of hydrogen-bond acceptors (Lipinski definition) is 6. The summed E-state index contributed by atoms with van der Waals surface area (Å²) < 4.78 is 22.8. The minimum absolute atomic E-state index is 0.0675. The maximum Gasteiger partial charge on any atom is 0.354 e. The van der Waals surface area contributed by atoms with Crippen LogP contribution in [0.3, 0.4) is 0 Å². The van der Waals surface area contributed by atoms with E-state index in [1.165, 1.54) is 17.4 Å². The molecule has 4 aromatic rings. The quantitative estimate of drug-likeness (QED) is 0.120. The van der Waals surface area contributed by atoms with Crippen LogP contribution < -0.4 is 21.9 Å². The minimum Gasteiger partial charge on any atom is -0.492 e. The van der Waals surface area contributed by atoms with Crippen LogP contribution in [0, 0.1) is 11.7 Å². The number of fused-ring (bicyclic) bond motifs is 2. The first-order chi connectivity index (χ1) is 21.2. The van der Waals surface area contributed by atoms with Crippen molar-refractivity contribution in [2.75, 3.05) is 26.2 Å². The zero-order chi connectivity index (χ0) is 30.8. The van der Waals surface area contributed by atoms with Crippen LogP contribution in [-0.2, 0) is 13.0 Å². The van der Waals surface area contributed by atoms with Crippen molar-refractivity contribution in [1.29, 1.82) is 0 Å². The van der Waals surface area contributed by atoms with Crippen molar-refractivity contribution in [1.82, 2.24) is 19.4 Å². The van der Waals surface area contributed by atoms with E-state index in [1.807, 2.05) is 24.3 Å². The molecule has 0 bridgehead atoms. The number of aliphatic imine (C=N–C) groups is 1. The first-order valence-corrected chi connectivity index (χ1v) is 15.7. The smallest absolute Gasteiger partial charge is 0.354 e. The molecule has 232 valence electrons. The number of benzene rings is 2. The highest BCUT2D eigenvalue weighted by atomic mass is 35.5. The number of aromatic amines is 1. The van der Waals surface area contributed by atoms with Gasteiger partial charge in [-0.2, -0.15) is 4.98 Å². The summed E-state index contributed by atoms with van der Waals surface area (Å²) in [7, 11) is 0. The molecule has 9 nitrogen and oxygen atoms in total. The number of nitrogens with zero attached hydrogens (tertiary/aromatic N) is 4. The normalized spacial score (nSPS) is 16.5. The highest BCUT2D eigenvalue weighted by molar-refractivity contribution is 6.31. The van der Waals surface area contributed by atoms with Crippen LogP contribution in [0.2, 0.25) is 5.02 Å². The molecule has 3 heterocycles. The van der Waals surface area contributed by atoms with Crippen LogP contribution in [-0.4, -0.2) is 57.6 Å². The molecule has 11 heteroatoms. The zero-order valence-corrected chi connectivity index (χ0v) is 25.7. The molecule has 44 heavy (non-hydrogen) atoms. The number of rotatable bonds is 11. The average Bonchev–Trinajstić information content (AvgIpc) is 3.79. The Labute approximate surface area is 261 Å². The molecule has 2 aromatic heterocycles. The number of aromatic nitrogens is 3. The molecule has 1 saturated carbocycles. The Morgan fingerprint density at radius 3 is 2.89 bits per heavy atom. The fraction of sp³-hybridized carbons (Fsp3) is 0.424. The number of nitrogens with one attached hydrogen (secondary N) is 1. The van der Waals surface area contributed by atoms with Gasteiger partial charge in [0.15, 0.2) is 5.82 Å². The number of ether oxygens (including phenoxy) is 1. The standard InChI is InChI=1S/C33H39ClFN7O2/c1-20(36)38-10-3-11-41-12-13-44-30-17-25(9-8-23(30)18-41)42-19-24-16-29(39-32(24)40-33(42)43)26-14-21(15-27(34)31(26)35)4-2-5-28(37)22-6-7-22/h8-9,14-17,19,22,28H,2-7,10-13,18,37H2,1H3,(H2,36,38)(H,39,40,43)/t28-/m1/s1. The number of halogens is 2. The van der Waals surface area contributed by atoms with Crippen molar-refractivity contribution < 1.29 is 9.13 Å². The Hall–Kier alpha value is -3.73. The molecule has 0 unspecified atom stereocenters. The first-order valence-electron chi connectivity index (χ1n) is 15.4. The number of hydrogen-bond donors (Lipinski definition) is 3. The molecule has 0 amide bonds. The van der Waals surface area contributed by atoms with E-state index in [-0.39, 0.29) is 11.1 Å². The van der Waals surface area contributed by atoms with Gasteiger partial charge >= 0.3 is 5.69 Å². The van der Waals surface area contributed by atoms with Crippen molar-refractivity contribution in [3.63, 3.8) is 0 Å². The third-order valence-corrected chi connectivity index (χ3v) is 8.77. The van der Waals surface area contributed by atoms with Gasteiger partial charge in [-0.25, -0.2) is 9.18 Å². The maximum absolute atomic E-state index is 15.2. The molecule has 0 radical (unpaired) electrons. The van der Waals surface area contributed by atoms with Crippen LogP contribution in [0.1, 0.15) is 50.2 Å². The molecule has 0 saturated heterocycles. The minimum atomic E-state index is -0.508. The maximum atomic E-state index is 15.2. The fourth-order valence-electron chi connectivity index (χ4n) is 5.92. The van der Waals surface area contributed by atoms with Gasteiger partial charge in [-0.05, 0) is 81.2 Å². The van der Waals surface area contributed by atoms with Gasteiger partial charge in [-0.15, -0.1) is 0 Å². The van der Waals surface area contributed by atoms with E-state index in [0.717, 1.165) is 62.2 Å². The Kier molecular flexibility index (Phi) is 9.02. The summed E-state index contributed by atoms with van der Waals surface area (Å²) in [5.74, 6) is 1.49. The summed E-state index contributed by atoms with van der Waals surface area (Å²) in [6.45, 7) is 5.47. The SMILES string of the molecule is CC(N)=NCCCN1CCOc2cc(-n3cc4cc(-c5cc(CCC[C@@H](N)C6CC6)cc(Cl)c5F)[nH]c4nc3=O)ccc2C1. The van der Waals surface area contributed by atoms with E-state index in [4.69, 9.17) is 27.8 Å². The molecular weight excluding hydrogens is 581 g/mol. The summed E-state index contributed by atoms with van der Waals surface area (Å²) in [5.41, 5.74) is 15.3. The molecule has 0 spiro atoms. The van der Waals surface area contributed by atoms with Crippen molar-refractivity contribution in [3.05, 3.63) is 75.0 Å². The number of H-pyrrole nitrogens is 1. The van der Waals surface area contributed by atoms with Gasteiger partial charge in [0.05, 0.1) is 22.2 Å². The second kappa shape index (κ2) is 13.1. The van der Waals surface area contributed by atoms with E-state index >= 15 is 4.39 Å². The number of amidine groups is 1. The van der Waals surface area contributed by atoms with Crippen molar-refractivity contribution in [2.24, 2.45) is 22.4 Å². The molecule has 2 aliphatic rings. The van der Waals surface area contributed by atoms with E-state index < -0.39 is 11.5 Å². The largest absolute Gasteiger partial charge is 0.492 e. The van der Waals surface area contributed by atoms with Crippen molar-refractivity contribution in [3.8, 4) is 22.7 Å². The van der Waals surface area contributed by atoms with Gasteiger partial charge in [0.2, 0.25) is 0 Å². The lowest BCUT2D eigenvalue weighted by Gasteiger charge is -2.18. The summed E-state index contributed by atoms with van der Waals surface area (Å²) in [4.78, 5) is 27.1. The number of aryl methyl sites for hydroxylation is 1. The molecule has 2 aromatic carbocycles. The predicted octanol–water partition coefficient (Wildman–Crippen LogP) is 5.19. The van der Waals surface area contributed by atoms with Crippen LogP contribution in [0.5, 0.6) is 5.75 Å². The van der Waals surface area contributed by atoms with Gasteiger partial charge in [0.25, 0.3) is 0 Å². The lowest BCUT2D eigenvalue weighted by Crippen LogP contribution is -2.27. The molecule has 5 N–H and O–H groups in total. The highest BCUT2D eigenvalue weighted by Gasteiger charge is 2.27.